The van der Waals surface area contributed by atoms with Gasteiger partial charge in [0.1, 0.15) is 6.61 Å². The van der Waals surface area contributed by atoms with E-state index < -0.39 is 0 Å². The summed E-state index contributed by atoms with van der Waals surface area (Å²) >= 11 is 3.53. The number of nitrogens with one attached hydrogen (secondary N) is 1. The lowest BCUT2D eigenvalue weighted by molar-refractivity contribution is -0.126. The number of hydrogen-bond donors (Lipinski definition) is 1. The van der Waals surface area contributed by atoms with Crippen molar-refractivity contribution in [3.05, 3.63) is 35.9 Å². The fourth-order valence-electron chi connectivity index (χ4n) is 1.34. The number of halogens is 1. The number of methoxy groups -OCH3 is 1. The summed E-state index contributed by atoms with van der Waals surface area (Å²) in [7, 11) is 1.60. The van der Waals surface area contributed by atoms with E-state index in [0.29, 0.717) is 19.8 Å². The predicted molar refractivity (Wildman–Crippen MR) is 73.8 cm³/mol. The van der Waals surface area contributed by atoms with Gasteiger partial charge in [-0.2, -0.15) is 0 Å². The first kappa shape index (κ1) is 15.1. The topological polar surface area (TPSA) is 47.6 Å². The number of benzene rings is 1. The van der Waals surface area contributed by atoms with Crippen molar-refractivity contribution in [1.82, 2.24) is 5.32 Å². The maximum Gasteiger partial charge on any atom is 0.246 e. The van der Waals surface area contributed by atoms with Crippen LogP contribution in [0.15, 0.2) is 30.3 Å². The average molecular weight is 316 g/mol. The van der Waals surface area contributed by atoms with Crippen LogP contribution < -0.4 is 5.32 Å². The van der Waals surface area contributed by atoms with Crippen LogP contribution in [-0.4, -0.2) is 39.4 Å². The van der Waals surface area contributed by atoms with Crippen LogP contribution in [0.4, 0.5) is 0 Å². The Morgan fingerprint density at radius 2 is 2.06 bits per heavy atom. The Balaban J connectivity index is 2.18. The monoisotopic (exact) mass is 315 g/mol. The van der Waals surface area contributed by atoms with Crippen LogP contribution in [0.25, 0.3) is 0 Å². The first-order valence-corrected chi connectivity index (χ1v) is 6.68. The zero-order chi connectivity index (χ0) is 13.2. The Bertz CT molecular complexity index is 345. The molecule has 0 saturated carbocycles. The van der Waals surface area contributed by atoms with Crippen LogP contribution in [0.2, 0.25) is 0 Å². The quantitative estimate of drug-likeness (QED) is 0.589. The molecular weight excluding hydrogens is 298 g/mol. The zero-order valence-electron chi connectivity index (χ0n) is 10.4. The molecule has 0 aliphatic heterocycles. The lowest BCUT2D eigenvalue weighted by Crippen LogP contribution is -2.30. The second kappa shape index (κ2) is 9.08. The number of ether oxygens (including phenoxy) is 2. The Kier molecular flexibility index (Phi) is 7.64. The van der Waals surface area contributed by atoms with Crippen molar-refractivity contribution in [2.24, 2.45) is 0 Å². The number of rotatable bonds is 8. The maximum absolute atomic E-state index is 11.4. The minimum Gasteiger partial charge on any atom is -0.382 e. The first-order valence-electron chi connectivity index (χ1n) is 5.76. The number of amides is 1. The molecule has 0 heterocycles. The Morgan fingerprint density at radius 1 is 1.33 bits per heavy atom. The van der Waals surface area contributed by atoms with Crippen molar-refractivity contribution in [1.29, 1.82) is 0 Å². The van der Waals surface area contributed by atoms with Crippen molar-refractivity contribution in [2.75, 3.05) is 33.5 Å². The Morgan fingerprint density at radius 3 is 2.72 bits per heavy atom. The molecule has 0 radical (unpaired) electrons. The molecule has 0 spiro atoms. The fourth-order valence-corrected chi connectivity index (χ4v) is 1.81. The van der Waals surface area contributed by atoms with Gasteiger partial charge in [0, 0.05) is 13.7 Å². The minimum atomic E-state index is -0.119. The summed E-state index contributed by atoms with van der Waals surface area (Å²) in [5, 5.41) is 2.81. The number of carbonyl (C=O) groups is 1. The van der Waals surface area contributed by atoms with Crippen molar-refractivity contribution >= 4 is 21.8 Å². The molecule has 1 rings (SSSR count). The highest BCUT2D eigenvalue weighted by atomic mass is 79.9. The summed E-state index contributed by atoms with van der Waals surface area (Å²) < 4.78 is 9.94. The van der Waals surface area contributed by atoms with Crippen molar-refractivity contribution in [3.8, 4) is 0 Å². The van der Waals surface area contributed by atoms with Crippen molar-refractivity contribution < 1.29 is 14.3 Å². The zero-order valence-corrected chi connectivity index (χ0v) is 12.0. The van der Waals surface area contributed by atoms with Gasteiger partial charge in [-0.25, -0.2) is 0 Å². The van der Waals surface area contributed by atoms with E-state index in [9.17, 15) is 4.79 Å². The van der Waals surface area contributed by atoms with E-state index in [0.717, 1.165) is 5.56 Å². The molecule has 4 nitrogen and oxygen atoms in total. The summed E-state index contributed by atoms with van der Waals surface area (Å²) in [5.41, 5.74) is 1.14. The largest absolute Gasteiger partial charge is 0.382 e. The molecule has 1 aromatic carbocycles. The third-order valence-electron chi connectivity index (χ3n) is 2.30. The molecule has 0 aromatic heterocycles. The van der Waals surface area contributed by atoms with E-state index in [1.165, 1.54) is 0 Å². The van der Waals surface area contributed by atoms with E-state index >= 15 is 0 Å². The summed E-state index contributed by atoms with van der Waals surface area (Å²) in [4.78, 5) is 11.6. The summed E-state index contributed by atoms with van der Waals surface area (Å²) in [6.45, 7) is 1.53. The standard InChI is InChI=1S/C13H18BrNO3/c1-17-7-8-18-10-13(16)15-9-12(14)11-5-3-2-4-6-11/h2-6,12H,7-10H2,1H3,(H,15,16). The second-order valence-electron chi connectivity index (χ2n) is 3.73. The predicted octanol–water partition coefficient (Wildman–Crippen LogP) is 1.90. The van der Waals surface area contributed by atoms with Gasteiger partial charge in [-0.15, -0.1) is 0 Å². The fraction of sp³-hybridized carbons (Fsp3) is 0.462. The van der Waals surface area contributed by atoms with Crippen LogP contribution in [0.3, 0.4) is 0 Å². The normalized spacial score (nSPS) is 12.1. The smallest absolute Gasteiger partial charge is 0.246 e. The van der Waals surface area contributed by atoms with Crippen molar-refractivity contribution in [3.63, 3.8) is 0 Å². The van der Waals surface area contributed by atoms with Gasteiger partial charge in [-0.1, -0.05) is 46.3 Å². The third kappa shape index (κ3) is 6.14. The van der Waals surface area contributed by atoms with Gasteiger partial charge in [-0.3, -0.25) is 4.79 Å². The third-order valence-corrected chi connectivity index (χ3v) is 3.16. The van der Waals surface area contributed by atoms with E-state index in [1.54, 1.807) is 7.11 Å². The second-order valence-corrected chi connectivity index (χ2v) is 4.83. The van der Waals surface area contributed by atoms with Gasteiger partial charge >= 0.3 is 0 Å². The highest BCUT2D eigenvalue weighted by molar-refractivity contribution is 9.09. The molecule has 18 heavy (non-hydrogen) atoms. The van der Waals surface area contributed by atoms with Gasteiger partial charge in [0.15, 0.2) is 0 Å². The van der Waals surface area contributed by atoms with Gasteiger partial charge in [0.25, 0.3) is 0 Å². The van der Waals surface area contributed by atoms with Crippen molar-refractivity contribution in [2.45, 2.75) is 4.83 Å². The maximum atomic E-state index is 11.4. The molecule has 1 amide bonds. The molecule has 1 aromatic rings. The van der Waals surface area contributed by atoms with E-state index in [1.807, 2.05) is 30.3 Å². The van der Waals surface area contributed by atoms with Crippen LogP contribution in [-0.2, 0) is 14.3 Å². The number of carbonyl (C=O) groups excluding carboxylic acids is 1. The first-order chi connectivity index (χ1) is 8.74. The molecular formula is C13H18BrNO3. The minimum absolute atomic E-state index is 0.0673. The molecule has 0 fully saturated rings. The van der Waals surface area contributed by atoms with E-state index in [4.69, 9.17) is 9.47 Å². The Hall–Kier alpha value is -0.910. The number of hydrogen-bond acceptors (Lipinski definition) is 3. The number of alkyl halides is 1. The van der Waals surface area contributed by atoms with Crippen LogP contribution in [0, 0.1) is 0 Å². The highest BCUT2D eigenvalue weighted by Crippen LogP contribution is 2.20. The molecule has 5 heteroatoms. The lowest BCUT2D eigenvalue weighted by Gasteiger charge is -2.11. The van der Waals surface area contributed by atoms with Crippen LogP contribution >= 0.6 is 15.9 Å². The van der Waals surface area contributed by atoms with Crippen LogP contribution in [0.1, 0.15) is 10.4 Å². The Labute approximate surface area is 116 Å². The van der Waals surface area contributed by atoms with E-state index in [2.05, 4.69) is 21.2 Å². The molecule has 0 aliphatic carbocycles. The van der Waals surface area contributed by atoms with Gasteiger partial charge in [-0.05, 0) is 5.56 Å². The summed E-state index contributed by atoms with van der Waals surface area (Å²) in [5.74, 6) is -0.119. The SMILES string of the molecule is COCCOCC(=O)NCC(Br)c1ccccc1. The van der Waals surface area contributed by atoms with Gasteiger partial charge in [0.2, 0.25) is 5.91 Å². The molecule has 1 unspecified atom stereocenters. The molecule has 1 atom stereocenters. The van der Waals surface area contributed by atoms with E-state index in [-0.39, 0.29) is 17.3 Å². The highest BCUT2D eigenvalue weighted by Gasteiger charge is 2.08. The molecule has 1 N–H and O–H groups in total. The molecule has 0 aliphatic rings. The average Bonchev–Trinajstić information content (AvgIpc) is 2.42. The van der Waals surface area contributed by atoms with Crippen LogP contribution in [0.5, 0.6) is 0 Å². The lowest BCUT2D eigenvalue weighted by atomic mass is 10.1. The molecule has 100 valence electrons. The van der Waals surface area contributed by atoms with Gasteiger partial charge < -0.3 is 14.8 Å². The summed E-state index contributed by atoms with van der Waals surface area (Å²) in [6.07, 6.45) is 0. The van der Waals surface area contributed by atoms with Gasteiger partial charge in [0.05, 0.1) is 18.0 Å². The molecule has 0 bridgehead atoms. The molecule has 0 saturated heterocycles. The summed E-state index contributed by atoms with van der Waals surface area (Å²) in [6, 6.07) is 9.94.